The molecule has 0 fully saturated rings. The van der Waals surface area contributed by atoms with Crippen molar-refractivity contribution in [3.63, 3.8) is 0 Å². The van der Waals surface area contributed by atoms with Gasteiger partial charge in [-0.3, -0.25) is 0 Å². The molecule has 4 heteroatoms. The second kappa shape index (κ2) is 4.07. The number of halogens is 2. The van der Waals surface area contributed by atoms with Crippen LogP contribution in [0.25, 0.3) is 11.3 Å². The van der Waals surface area contributed by atoms with Crippen molar-refractivity contribution < 1.29 is 0 Å². The fraction of sp³-hybridized carbons (Fsp3) is 0. The predicted molar refractivity (Wildman–Crippen MR) is 60.2 cm³/mol. The third-order valence-corrected chi connectivity index (χ3v) is 2.45. The van der Waals surface area contributed by atoms with Crippen molar-refractivity contribution in [2.75, 3.05) is 0 Å². The van der Waals surface area contributed by atoms with Crippen LogP contribution in [0.2, 0.25) is 5.02 Å². The van der Waals surface area contributed by atoms with Gasteiger partial charge in [0.2, 0.25) is 0 Å². The van der Waals surface area contributed by atoms with E-state index in [2.05, 4.69) is 26.1 Å². The lowest BCUT2D eigenvalue weighted by Gasteiger charge is -1.99. The molecule has 1 aromatic heterocycles. The average Bonchev–Trinajstić information content (AvgIpc) is 2.19. The summed E-state index contributed by atoms with van der Waals surface area (Å²) < 4.78 is 0.914. The highest BCUT2D eigenvalue weighted by molar-refractivity contribution is 9.10. The Balaban J connectivity index is 2.44. The first-order chi connectivity index (χ1) is 6.75. The normalized spacial score (nSPS) is 10.1. The Bertz CT molecular complexity index is 442. The van der Waals surface area contributed by atoms with E-state index in [1.807, 2.05) is 30.3 Å². The van der Waals surface area contributed by atoms with Gasteiger partial charge in [-0.25, -0.2) is 0 Å². The zero-order chi connectivity index (χ0) is 9.97. The summed E-state index contributed by atoms with van der Waals surface area (Å²) >= 11 is 9.13. The van der Waals surface area contributed by atoms with Crippen LogP contribution in [0.4, 0.5) is 0 Å². The van der Waals surface area contributed by atoms with Crippen LogP contribution < -0.4 is 0 Å². The molecular formula is C10H6BrClN2. The summed E-state index contributed by atoms with van der Waals surface area (Å²) in [6.45, 7) is 0. The summed E-state index contributed by atoms with van der Waals surface area (Å²) in [6, 6.07) is 9.41. The molecule has 0 amide bonds. The quantitative estimate of drug-likeness (QED) is 0.791. The van der Waals surface area contributed by atoms with Gasteiger partial charge < -0.3 is 0 Å². The van der Waals surface area contributed by atoms with Crippen molar-refractivity contribution in [3.8, 4) is 11.3 Å². The molecule has 14 heavy (non-hydrogen) atoms. The fourth-order valence-electron chi connectivity index (χ4n) is 1.10. The van der Waals surface area contributed by atoms with E-state index in [1.165, 1.54) is 0 Å². The molecule has 1 aromatic carbocycles. The maximum Gasteiger partial charge on any atom is 0.0940 e. The highest BCUT2D eigenvalue weighted by atomic mass is 79.9. The first kappa shape index (κ1) is 9.62. The highest BCUT2D eigenvalue weighted by Crippen LogP contribution is 2.21. The topological polar surface area (TPSA) is 25.8 Å². The van der Waals surface area contributed by atoms with Crippen LogP contribution in [0.15, 0.2) is 41.0 Å². The maximum absolute atomic E-state index is 5.79. The predicted octanol–water partition coefficient (Wildman–Crippen LogP) is 3.56. The number of benzene rings is 1. The Morgan fingerprint density at radius 2 is 1.86 bits per heavy atom. The summed E-state index contributed by atoms with van der Waals surface area (Å²) in [6.07, 6.45) is 1.65. The van der Waals surface area contributed by atoms with Crippen molar-refractivity contribution in [1.82, 2.24) is 10.2 Å². The van der Waals surface area contributed by atoms with Crippen LogP contribution in [-0.2, 0) is 0 Å². The molecule has 0 aliphatic heterocycles. The van der Waals surface area contributed by atoms with E-state index < -0.39 is 0 Å². The summed E-state index contributed by atoms with van der Waals surface area (Å²) in [5.41, 5.74) is 1.83. The monoisotopic (exact) mass is 268 g/mol. The largest absolute Gasteiger partial charge is 0.157 e. The molecule has 0 saturated carbocycles. The van der Waals surface area contributed by atoms with E-state index in [0.29, 0.717) is 0 Å². The Labute approximate surface area is 95.1 Å². The highest BCUT2D eigenvalue weighted by Gasteiger charge is 1.99. The van der Waals surface area contributed by atoms with Gasteiger partial charge in [0.15, 0.2) is 0 Å². The van der Waals surface area contributed by atoms with E-state index in [4.69, 9.17) is 11.6 Å². The first-order valence-electron chi connectivity index (χ1n) is 4.00. The van der Waals surface area contributed by atoms with Gasteiger partial charge in [-0.15, -0.1) is 0 Å². The van der Waals surface area contributed by atoms with Gasteiger partial charge in [0.05, 0.1) is 11.9 Å². The lowest BCUT2D eigenvalue weighted by atomic mass is 10.1. The van der Waals surface area contributed by atoms with E-state index in [0.717, 1.165) is 20.8 Å². The van der Waals surface area contributed by atoms with Gasteiger partial charge in [0, 0.05) is 15.1 Å². The Morgan fingerprint density at radius 3 is 2.50 bits per heavy atom. The third-order valence-electron chi connectivity index (χ3n) is 1.76. The standard InChI is InChI=1S/C10H6BrClN2/c11-8-5-10(14-13-6-8)7-1-3-9(12)4-2-7/h1-6H. The third kappa shape index (κ3) is 2.11. The van der Waals surface area contributed by atoms with Crippen molar-refractivity contribution >= 4 is 27.5 Å². The molecule has 0 radical (unpaired) electrons. The van der Waals surface area contributed by atoms with Gasteiger partial charge in [-0.2, -0.15) is 10.2 Å². The number of hydrogen-bond donors (Lipinski definition) is 0. The molecule has 0 bridgehead atoms. The van der Waals surface area contributed by atoms with Crippen molar-refractivity contribution in [1.29, 1.82) is 0 Å². The summed E-state index contributed by atoms with van der Waals surface area (Å²) in [5.74, 6) is 0. The molecule has 2 nitrogen and oxygen atoms in total. The van der Waals surface area contributed by atoms with E-state index in [1.54, 1.807) is 6.20 Å². The number of hydrogen-bond acceptors (Lipinski definition) is 2. The Kier molecular flexibility index (Phi) is 2.79. The number of aromatic nitrogens is 2. The Hall–Kier alpha value is -0.930. The van der Waals surface area contributed by atoms with Crippen LogP contribution in [-0.4, -0.2) is 10.2 Å². The molecule has 2 aromatic rings. The van der Waals surface area contributed by atoms with Gasteiger partial charge >= 0.3 is 0 Å². The van der Waals surface area contributed by atoms with E-state index >= 15 is 0 Å². The van der Waals surface area contributed by atoms with Crippen LogP contribution >= 0.6 is 27.5 Å². The van der Waals surface area contributed by atoms with Crippen LogP contribution in [0, 0.1) is 0 Å². The fourth-order valence-corrected chi connectivity index (χ4v) is 1.54. The molecule has 0 saturated heterocycles. The van der Waals surface area contributed by atoms with E-state index in [-0.39, 0.29) is 0 Å². The SMILES string of the molecule is Clc1ccc(-c2cc(Br)cnn2)cc1. The van der Waals surface area contributed by atoms with E-state index in [9.17, 15) is 0 Å². The minimum atomic E-state index is 0.719. The molecule has 0 atom stereocenters. The molecule has 0 aliphatic carbocycles. The lowest BCUT2D eigenvalue weighted by Crippen LogP contribution is -1.86. The smallest absolute Gasteiger partial charge is 0.0940 e. The molecule has 70 valence electrons. The molecule has 2 rings (SSSR count). The van der Waals surface area contributed by atoms with Gasteiger partial charge in [0.1, 0.15) is 0 Å². The van der Waals surface area contributed by atoms with Crippen LogP contribution in [0.1, 0.15) is 0 Å². The van der Waals surface area contributed by atoms with Gasteiger partial charge in [0.25, 0.3) is 0 Å². The van der Waals surface area contributed by atoms with Crippen molar-refractivity contribution in [2.45, 2.75) is 0 Å². The van der Waals surface area contributed by atoms with Gasteiger partial charge in [-0.05, 0) is 34.1 Å². The summed E-state index contributed by atoms with van der Waals surface area (Å²) in [4.78, 5) is 0. The van der Waals surface area contributed by atoms with Crippen molar-refractivity contribution in [2.24, 2.45) is 0 Å². The second-order valence-corrected chi connectivity index (χ2v) is 4.12. The number of nitrogens with zero attached hydrogens (tertiary/aromatic N) is 2. The maximum atomic E-state index is 5.79. The number of rotatable bonds is 1. The van der Waals surface area contributed by atoms with Gasteiger partial charge in [-0.1, -0.05) is 23.7 Å². The van der Waals surface area contributed by atoms with Crippen molar-refractivity contribution in [3.05, 3.63) is 46.0 Å². The second-order valence-electron chi connectivity index (χ2n) is 2.77. The molecule has 0 aliphatic rings. The van der Waals surface area contributed by atoms with Crippen LogP contribution in [0.5, 0.6) is 0 Å². The Morgan fingerprint density at radius 1 is 1.14 bits per heavy atom. The summed E-state index contributed by atoms with van der Waals surface area (Å²) in [7, 11) is 0. The minimum absolute atomic E-state index is 0.719. The zero-order valence-corrected chi connectivity index (χ0v) is 9.46. The molecular weight excluding hydrogens is 263 g/mol. The zero-order valence-electron chi connectivity index (χ0n) is 7.11. The molecule has 0 unspecified atom stereocenters. The van der Waals surface area contributed by atoms with Crippen LogP contribution in [0.3, 0.4) is 0 Å². The lowest BCUT2D eigenvalue weighted by molar-refractivity contribution is 1.03. The molecule has 0 N–H and O–H groups in total. The summed E-state index contributed by atoms with van der Waals surface area (Å²) in [5, 5.41) is 8.59. The molecule has 0 spiro atoms. The first-order valence-corrected chi connectivity index (χ1v) is 5.17. The minimum Gasteiger partial charge on any atom is -0.157 e. The average molecular weight is 270 g/mol. The molecule has 1 heterocycles.